The molecule has 0 spiro atoms. The number of nitrogens with two attached hydrogens (primary N) is 1. The van der Waals surface area contributed by atoms with E-state index in [2.05, 4.69) is 10.3 Å². The molecular weight excluding hydrogens is 368 g/mol. The number of benzene rings is 1. The molecule has 8 heteroatoms. The van der Waals surface area contributed by atoms with Crippen LogP contribution < -0.4 is 11.1 Å². The molecule has 0 bridgehead atoms. The van der Waals surface area contributed by atoms with Crippen LogP contribution in [0.2, 0.25) is 0 Å². The van der Waals surface area contributed by atoms with Crippen molar-refractivity contribution in [3.8, 4) is 11.3 Å². The lowest BCUT2D eigenvalue weighted by Gasteiger charge is -2.27. The van der Waals surface area contributed by atoms with E-state index in [1.54, 1.807) is 10.9 Å². The van der Waals surface area contributed by atoms with E-state index in [0.29, 0.717) is 30.0 Å². The highest BCUT2D eigenvalue weighted by Gasteiger charge is 2.31. The Balaban J connectivity index is 1.86. The summed E-state index contributed by atoms with van der Waals surface area (Å²) in [4.78, 5) is 31.0. The molecule has 0 unspecified atom stereocenters. The van der Waals surface area contributed by atoms with Crippen LogP contribution in [0, 0.1) is 0 Å². The minimum atomic E-state index is -0.506. The number of carbonyl (C=O) groups excluding carboxylic acids is 2. The third-order valence-electron chi connectivity index (χ3n) is 4.87. The van der Waals surface area contributed by atoms with Crippen LogP contribution in [0.5, 0.6) is 0 Å². The predicted octanol–water partition coefficient (Wildman–Crippen LogP) is 2.52. The maximum atomic E-state index is 13.2. The highest BCUT2D eigenvalue weighted by Crippen LogP contribution is 2.30. The third-order valence-corrected chi connectivity index (χ3v) is 4.87. The number of rotatable bonds is 2. The van der Waals surface area contributed by atoms with Gasteiger partial charge in [-0.2, -0.15) is 5.10 Å². The van der Waals surface area contributed by atoms with Gasteiger partial charge in [0.25, 0.3) is 5.91 Å². The molecule has 4 rings (SSSR count). The second kappa shape index (κ2) is 6.88. The van der Waals surface area contributed by atoms with Crippen LogP contribution >= 0.6 is 0 Å². The maximum Gasteiger partial charge on any atom is 0.315 e. The Hall–Kier alpha value is -3.42. The number of nitrogens with zero attached hydrogens (tertiary/aromatic N) is 4. The summed E-state index contributed by atoms with van der Waals surface area (Å²) in [6.07, 6.45) is 1.73. The van der Waals surface area contributed by atoms with E-state index in [4.69, 9.17) is 10.8 Å². The second-order valence-corrected chi connectivity index (χ2v) is 8.27. The number of amides is 3. The summed E-state index contributed by atoms with van der Waals surface area (Å²) in [5, 5.41) is 8.69. The molecule has 29 heavy (non-hydrogen) atoms. The Morgan fingerprint density at radius 1 is 1.17 bits per heavy atom. The van der Waals surface area contributed by atoms with E-state index < -0.39 is 11.6 Å². The van der Waals surface area contributed by atoms with Crippen molar-refractivity contribution in [2.75, 3.05) is 6.54 Å². The molecule has 0 atom stereocenters. The SMILES string of the molecule is CC(C)(C)NC(=O)c1c(-c2cnc3ccccc3c2)nn2c1CN(C(N)=O)CC2. The maximum absolute atomic E-state index is 13.2. The zero-order valence-electron chi connectivity index (χ0n) is 16.8. The topological polar surface area (TPSA) is 106 Å². The van der Waals surface area contributed by atoms with Crippen LogP contribution in [-0.4, -0.2) is 43.7 Å². The number of aromatic nitrogens is 3. The van der Waals surface area contributed by atoms with Crippen LogP contribution in [0.1, 0.15) is 36.8 Å². The summed E-state index contributed by atoms with van der Waals surface area (Å²) in [6, 6.07) is 9.28. The van der Waals surface area contributed by atoms with Crippen molar-refractivity contribution in [1.82, 2.24) is 25.0 Å². The Kier molecular flexibility index (Phi) is 4.49. The second-order valence-electron chi connectivity index (χ2n) is 8.27. The number of nitrogens with one attached hydrogen (secondary N) is 1. The van der Waals surface area contributed by atoms with Crippen molar-refractivity contribution < 1.29 is 9.59 Å². The Morgan fingerprint density at radius 2 is 1.93 bits per heavy atom. The van der Waals surface area contributed by atoms with Gasteiger partial charge in [0.15, 0.2) is 0 Å². The highest BCUT2D eigenvalue weighted by molar-refractivity contribution is 6.02. The number of fused-ring (bicyclic) bond motifs is 2. The fraction of sp³-hybridized carbons (Fsp3) is 0.333. The lowest BCUT2D eigenvalue weighted by molar-refractivity contribution is 0.0916. The quantitative estimate of drug-likeness (QED) is 0.699. The van der Waals surface area contributed by atoms with E-state index >= 15 is 0 Å². The van der Waals surface area contributed by atoms with Gasteiger partial charge in [0.05, 0.1) is 29.9 Å². The Labute approximate surface area is 168 Å². The Bertz CT molecular complexity index is 1110. The van der Waals surface area contributed by atoms with Crippen molar-refractivity contribution in [2.24, 2.45) is 5.73 Å². The number of primary amides is 1. The normalized spacial score (nSPS) is 14.0. The molecule has 0 fully saturated rings. The zero-order chi connectivity index (χ0) is 20.8. The van der Waals surface area contributed by atoms with Crippen LogP contribution in [-0.2, 0) is 13.1 Å². The number of urea groups is 1. The van der Waals surface area contributed by atoms with Crippen LogP contribution in [0.3, 0.4) is 0 Å². The summed E-state index contributed by atoms with van der Waals surface area (Å²) in [5.41, 5.74) is 8.40. The van der Waals surface area contributed by atoms with Gasteiger partial charge in [0, 0.05) is 29.2 Å². The smallest absolute Gasteiger partial charge is 0.315 e. The van der Waals surface area contributed by atoms with Crippen LogP contribution in [0.15, 0.2) is 36.5 Å². The highest BCUT2D eigenvalue weighted by atomic mass is 16.2. The lowest BCUT2D eigenvalue weighted by Crippen LogP contribution is -2.44. The molecule has 1 aromatic carbocycles. The summed E-state index contributed by atoms with van der Waals surface area (Å²) < 4.78 is 1.79. The molecule has 3 aromatic rings. The van der Waals surface area contributed by atoms with Gasteiger partial charge in [0.1, 0.15) is 5.69 Å². The molecule has 0 saturated heterocycles. The monoisotopic (exact) mass is 392 g/mol. The number of pyridine rings is 1. The standard InChI is InChI=1S/C21H24N6O2/c1-21(2,3)24-19(28)17-16-12-26(20(22)29)8-9-27(16)25-18(17)14-10-13-6-4-5-7-15(13)23-11-14/h4-7,10-11H,8-9,12H2,1-3H3,(H2,22,29)(H,24,28). The molecule has 3 amide bonds. The van der Waals surface area contributed by atoms with Crippen molar-refractivity contribution in [3.05, 3.63) is 47.8 Å². The van der Waals surface area contributed by atoms with E-state index in [1.165, 1.54) is 4.90 Å². The van der Waals surface area contributed by atoms with Crippen molar-refractivity contribution in [3.63, 3.8) is 0 Å². The van der Waals surface area contributed by atoms with Gasteiger partial charge >= 0.3 is 6.03 Å². The van der Waals surface area contributed by atoms with Gasteiger partial charge in [0.2, 0.25) is 0 Å². The summed E-state index contributed by atoms with van der Waals surface area (Å²) >= 11 is 0. The fourth-order valence-electron chi connectivity index (χ4n) is 3.55. The molecular formula is C21H24N6O2. The average molecular weight is 392 g/mol. The molecule has 1 aliphatic heterocycles. The molecule has 2 aromatic heterocycles. The zero-order valence-corrected chi connectivity index (χ0v) is 16.8. The average Bonchev–Trinajstić information content (AvgIpc) is 3.05. The van der Waals surface area contributed by atoms with Gasteiger partial charge in [-0.1, -0.05) is 18.2 Å². The number of carbonyl (C=O) groups is 2. The summed E-state index contributed by atoms with van der Waals surface area (Å²) in [6.45, 7) is 6.96. The molecule has 0 saturated carbocycles. The fourth-order valence-corrected chi connectivity index (χ4v) is 3.55. The van der Waals surface area contributed by atoms with Gasteiger partial charge in [-0.15, -0.1) is 0 Å². The molecule has 3 heterocycles. The van der Waals surface area contributed by atoms with E-state index in [0.717, 1.165) is 16.5 Å². The van der Waals surface area contributed by atoms with Crippen LogP contribution in [0.4, 0.5) is 4.79 Å². The number of para-hydroxylation sites is 1. The van der Waals surface area contributed by atoms with Gasteiger partial charge in [-0.05, 0) is 32.9 Å². The number of hydrogen-bond donors (Lipinski definition) is 2. The first-order chi connectivity index (χ1) is 13.7. The van der Waals surface area contributed by atoms with Crippen molar-refractivity contribution in [2.45, 2.75) is 39.4 Å². The minimum absolute atomic E-state index is 0.228. The van der Waals surface area contributed by atoms with Gasteiger partial charge in [-0.25, -0.2) is 4.79 Å². The molecule has 0 aliphatic carbocycles. The predicted molar refractivity (Wildman–Crippen MR) is 110 cm³/mol. The van der Waals surface area contributed by atoms with Gasteiger partial charge in [-0.3, -0.25) is 14.5 Å². The first-order valence-corrected chi connectivity index (χ1v) is 9.55. The molecule has 3 N–H and O–H groups in total. The van der Waals surface area contributed by atoms with Gasteiger partial charge < -0.3 is 16.0 Å². The molecule has 8 nitrogen and oxygen atoms in total. The largest absolute Gasteiger partial charge is 0.351 e. The van der Waals surface area contributed by atoms with Crippen molar-refractivity contribution in [1.29, 1.82) is 0 Å². The summed E-state index contributed by atoms with van der Waals surface area (Å²) in [5.74, 6) is -0.228. The first-order valence-electron chi connectivity index (χ1n) is 9.55. The van der Waals surface area contributed by atoms with E-state index in [-0.39, 0.29) is 12.5 Å². The van der Waals surface area contributed by atoms with E-state index in [9.17, 15) is 9.59 Å². The molecule has 0 radical (unpaired) electrons. The third kappa shape index (κ3) is 3.65. The first kappa shape index (κ1) is 18.9. The van der Waals surface area contributed by atoms with Crippen molar-refractivity contribution >= 4 is 22.8 Å². The van der Waals surface area contributed by atoms with Crippen LogP contribution in [0.25, 0.3) is 22.2 Å². The van der Waals surface area contributed by atoms with E-state index in [1.807, 2.05) is 51.1 Å². The number of hydrogen-bond acceptors (Lipinski definition) is 4. The molecule has 150 valence electrons. The Morgan fingerprint density at radius 3 is 2.66 bits per heavy atom. The summed E-state index contributed by atoms with van der Waals surface area (Å²) in [7, 11) is 0. The lowest BCUT2D eigenvalue weighted by atomic mass is 10.0. The molecule has 1 aliphatic rings. The minimum Gasteiger partial charge on any atom is -0.351 e.